The number of esters is 1. The fraction of sp³-hybridized carbons (Fsp3) is 0.412. The second-order valence-electron chi connectivity index (χ2n) is 5.50. The van der Waals surface area contributed by atoms with Crippen molar-refractivity contribution in [2.24, 2.45) is 0 Å². The van der Waals surface area contributed by atoms with Gasteiger partial charge >= 0.3 is 5.97 Å². The van der Waals surface area contributed by atoms with E-state index in [9.17, 15) is 9.59 Å². The maximum atomic E-state index is 12.5. The number of nitrogens with one attached hydrogen (secondary N) is 1. The molecule has 0 amide bonds. The summed E-state index contributed by atoms with van der Waals surface area (Å²) in [6.07, 6.45) is 2.28. The average Bonchev–Trinajstić information content (AvgIpc) is 3.00. The first kappa shape index (κ1) is 15.0. The van der Waals surface area contributed by atoms with Crippen molar-refractivity contribution in [1.82, 2.24) is 5.32 Å². The highest BCUT2D eigenvalue weighted by atomic mass is 32.1. The predicted molar refractivity (Wildman–Crippen MR) is 85.4 cm³/mol. The topological polar surface area (TPSA) is 55.4 Å². The summed E-state index contributed by atoms with van der Waals surface area (Å²) < 4.78 is 5.23. The van der Waals surface area contributed by atoms with Crippen LogP contribution in [0.5, 0.6) is 0 Å². The van der Waals surface area contributed by atoms with Crippen molar-refractivity contribution in [1.29, 1.82) is 0 Å². The van der Waals surface area contributed by atoms with Gasteiger partial charge in [-0.2, -0.15) is 0 Å². The highest BCUT2D eigenvalue weighted by Crippen LogP contribution is 2.43. The van der Waals surface area contributed by atoms with Crippen LogP contribution in [0.25, 0.3) is 0 Å². The van der Waals surface area contributed by atoms with Crippen molar-refractivity contribution in [3.63, 3.8) is 0 Å². The molecule has 0 bridgehead atoms. The van der Waals surface area contributed by atoms with Crippen LogP contribution in [0.15, 0.2) is 40.1 Å². The summed E-state index contributed by atoms with van der Waals surface area (Å²) in [6, 6.07) is 3.94. The third-order valence-electron chi connectivity index (χ3n) is 4.10. The zero-order valence-electron chi connectivity index (χ0n) is 12.8. The van der Waals surface area contributed by atoms with Crippen LogP contribution in [0.2, 0.25) is 0 Å². The summed E-state index contributed by atoms with van der Waals surface area (Å²) in [5, 5.41) is 5.25. The second-order valence-corrected chi connectivity index (χ2v) is 6.48. The maximum Gasteiger partial charge on any atom is 0.336 e. The molecular weight excluding hydrogens is 298 g/mol. The molecule has 2 heterocycles. The molecule has 2 aliphatic rings. The van der Waals surface area contributed by atoms with Gasteiger partial charge in [-0.25, -0.2) is 4.79 Å². The Hall–Kier alpha value is -1.88. The molecule has 0 radical (unpaired) electrons. The van der Waals surface area contributed by atoms with Crippen LogP contribution in [0.4, 0.5) is 0 Å². The smallest absolute Gasteiger partial charge is 0.336 e. The van der Waals surface area contributed by atoms with Crippen molar-refractivity contribution >= 4 is 23.1 Å². The normalized spacial score (nSPS) is 21.5. The van der Waals surface area contributed by atoms with Gasteiger partial charge in [0.25, 0.3) is 0 Å². The summed E-state index contributed by atoms with van der Waals surface area (Å²) in [4.78, 5) is 26.0. The fourth-order valence-corrected chi connectivity index (χ4v) is 4.05. The first-order valence-corrected chi connectivity index (χ1v) is 8.46. The molecule has 0 aromatic carbocycles. The van der Waals surface area contributed by atoms with Gasteiger partial charge < -0.3 is 10.1 Å². The molecule has 1 N–H and O–H groups in total. The van der Waals surface area contributed by atoms with Crippen molar-refractivity contribution in [3.8, 4) is 0 Å². The number of allylic oxidation sites excluding steroid dienone is 3. The standard InChI is InChI=1S/C17H19NO3S/c1-3-21-17(20)14-10(2)18-11-6-4-7-12(19)15(11)16(14)13-8-5-9-22-13/h5,8-9,16,18H,3-4,6-7H2,1-2H3/t16-/m0/s1. The molecule has 1 aromatic rings. The Morgan fingerprint density at radius 1 is 1.45 bits per heavy atom. The molecule has 0 saturated carbocycles. The van der Waals surface area contributed by atoms with Gasteiger partial charge in [0.15, 0.2) is 5.78 Å². The number of ketones is 1. The van der Waals surface area contributed by atoms with E-state index in [1.807, 2.05) is 24.4 Å². The highest BCUT2D eigenvalue weighted by molar-refractivity contribution is 7.10. The molecular formula is C17H19NO3S. The first-order valence-electron chi connectivity index (χ1n) is 7.58. The Labute approximate surface area is 133 Å². The Bertz CT molecular complexity index is 670. The van der Waals surface area contributed by atoms with Gasteiger partial charge in [-0.1, -0.05) is 6.07 Å². The Kier molecular flexibility index (Phi) is 4.16. The molecule has 3 rings (SSSR count). The van der Waals surface area contributed by atoms with E-state index in [1.165, 1.54) is 0 Å². The highest BCUT2D eigenvalue weighted by Gasteiger charge is 2.39. The zero-order chi connectivity index (χ0) is 15.7. The van der Waals surface area contributed by atoms with Crippen LogP contribution >= 0.6 is 11.3 Å². The van der Waals surface area contributed by atoms with E-state index in [2.05, 4.69) is 5.32 Å². The number of thiophene rings is 1. The van der Waals surface area contributed by atoms with Crippen molar-refractivity contribution < 1.29 is 14.3 Å². The van der Waals surface area contributed by atoms with E-state index in [0.29, 0.717) is 18.6 Å². The summed E-state index contributed by atoms with van der Waals surface area (Å²) in [5.74, 6) is -0.486. The lowest BCUT2D eigenvalue weighted by molar-refractivity contribution is -0.138. The molecule has 4 nitrogen and oxygen atoms in total. The molecule has 0 unspecified atom stereocenters. The van der Waals surface area contributed by atoms with Gasteiger partial charge in [0.1, 0.15) is 0 Å². The second kappa shape index (κ2) is 6.08. The molecule has 1 aliphatic heterocycles. The Morgan fingerprint density at radius 2 is 2.27 bits per heavy atom. The average molecular weight is 317 g/mol. The number of carbonyl (C=O) groups excluding carboxylic acids is 2. The molecule has 116 valence electrons. The van der Waals surface area contributed by atoms with Crippen LogP contribution in [0.1, 0.15) is 43.9 Å². The lowest BCUT2D eigenvalue weighted by Crippen LogP contribution is -2.34. The predicted octanol–water partition coefficient (Wildman–Crippen LogP) is 3.28. The van der Waals surface area contributed by atoms with Gasteiger partial charge in [0.2, 0.25) is 0 Å². The molecule has 0 saturated heterocycles. The molecule has 1 aromatic heterocycles. The molecule has 1 atom stereocenters. The van der Waals surface area contributed by atoms with Crippen molar-refractivity contribution in [3.05, 3.63) is 44.9 Å². The van der Waals surface area contributed by atoms with Crippen LogP contribution in [-0.2, 0) is 14.3 Å². The van der Waals surface area contributed by atoms with Gasteiger partial charge in [-0.3, -0.25) is 4.79 Å². The number of hydrogen-bond acceptors (Lipinski definition) is 5. The van der Waals surface area contributed by atoms with E-state index >= 15 is 0 Å². The van der Waals surface area contributed by atoms with E-state index in [4.69, 9.17) is 4.74 Å². The first-order chi connectivity index (χ1) is 10.6. The third kappa shape index (κ3) is 2.50. The molecule has 5 heteroatoms. The van der Waals surface area contributed by atoms with E-state index in [-0.39, 0.29) is 17.7 Å². The van der Waals surface area contributed by atoms with Crippen LogP contribution in [0, 0.1) is 0 Å². The van der Waals surface area contributed by atoms with E-state index < -0.39 is 0 Å². The largest absolute Gasteiger partial charge is 0.463 e. The maximum absolute atomic E-state index is 12.5. The number of carbonyl (C=O) groups is 2. The number of rotatable bonds is 3. The summed E-state index contributed by atoms with van der Waals surface area (Å²) in [7, 11) is 0. The SMILES string of the molecule is CCOC(=O)C1=C(C)NC2=C(C(=O)CCC2)[C@H]1c1cccs1. The van der Waals surface area contributed by atoms with Gasteiger partial charge in [-0.15, -0.1) is 11.3 Å². The summed E-state index contributed by atoms with van der Waals surface area (Å²) in [5.41, 5.74) is 3.09. The minimum atomic E-state index is -0.337. The number of hydrogen-bond donors (Lipinski definition) is 1. The van der Waals surface area contributed by atoms with Gasteiger partial charge in [0.05, 0.1) is 18.1 Å². The zero-order valence-corrected chi connectivity index (χ0v) is 13.6. The minimum absolute atomic E-state index is 0.140. The summed E-state index contributed by atoms with van der Waals surface area (Å²) in [6.45, 7) is 4.00. The number of dihydropyridines is 1. The number of Topliss-reactive ketones (excluding diaryl/α,β-unsaturated/α-hetero) is 1. The summed E-state index contributed by atoms with van der Waals surface area (Å²) >= 11 is 1.57. The monoisotopic (exact) mass is 317 g/mol. The van der Waals surface area contributed by atoms with Crippen LogP contribution < -0.4 is 5.32 Å². The molecule has 22 heavy (non-hydrogen) atoms. The fourth-order valence-electron chi connectivity index (χ4n) is 3.20. The van der Waals surface area contributed by atoms with Gasteiger partial charge in [0, 0.05) is 28.3 Å². The van der Waals surface area contributed by atoms with Crippen LogP contribution in [0.3, 0.4) is 0 Å². The van der Waals surface area contributed by atoms with E-state index in [1.54, 1.807) is 18.3 Å². The van der Waals surface area contributed by atoms with Crippen LogP contribution in [-0.4, -0.2) is 18.4 Å². The third-order valence-corrected chi connectivity index (χ3v) is 5.04. The van der Waals surface area contributed by atoms with Crippen molar-refractivity contribution in [2.75, 3.05) is 6.61 Å². The molecule has 0 spiro atoms. The van der Waals surface area contributed by atoms with E-state index in [0.717, 1.165) is 34.7 Å². The Balaban J connectivity index is 2.12. The Morgan fingerprint density at radius 3 is 2.95 bits per heavy atom. The van der Waals surface area contributed by atoms with Gasteiger partial charge in [-0.05, 0) is 38.1 Å². The molecule has 1 aliphatic carbocycles. The quantitative estimate of drug-likeness (QED) is 0.869. The lowest BCUT2D eigenvalue weighted by atomic mass is 9.78. The minimum Gasteiger partial charge on any atom is -0.463 e. The lowest BCUT2D eigenvalue weighted by Gasteiger charge is -2.33. The number of ether oxygens (including phenoxy) is 1. The van der Waals surface area contributed by atoms with Crippen molar-refractivity contribution in [2.45, 2.75) is 39.0 Å². The molecule has 0 fully saturated rings.